The molecular weight excluding hydrogens is 628 g/mol. The summed E-state index contributed by atoms with van der Waals surface area (Å²) in [5.41, 5.74) is 1.92. The molecule has 1 fully saturated rings. The number of fused-ring (bicyclic) bond motifs is 1. The van der Waals surface area contributed by atoms with Crippen molar-refractivity contribution < 1.29 is 41.1 Å². The average Bonchev–Trinajstić information content (AvgIpc) is 3.32. The van der Waals surface area contributed by atoms with Crippen LogP contribution in [-0.2, 0) is 37.2 Å². The summed E-state index contributed by atoms with van der Waals surface area (Å²) < 4.78 is 77.1. The van der Waals surface area contributed by atoms with Gasteiger partial charge in [-0.05, 0) is 43.7 Å². The van der Waals surface area contributed by atoms with E-state index in [9.17, 15) is 22.5 Å². The highest BCUT2D eigenvalue weighted by atomic mass is 31.2. The van der Waals surface area contributed by atoms with Crippen LogP contribution in [0.5, 0.6) is 5.75 Å². The molecule has 0 aliphatic carbocycles. The highest BCUT2D eigenvalue weighted by Crippen LogP contribution is 2.52. The predicted molar refractivity (Wildman–Crippen MR) is 166 cm³/mol. The van der Waals surface area contributed by atoms with Gasteiger partial charge >= 0.3 is 13.8 Å². The lowest BCUT2D eigenvalue weighted by atomic mass is 10.0. The summed E-state index contributed by atoms with van der Waals surface area (Å²) in [6.07, 6.45) is -4.11. The second-order valence-electron chi connectivity index (χ2n) is 10.6. The van der Waals surface area contributed by atoms with E-state index in [2.05, 4.69) is 25.5 Å². The Hall–Kier alpha value is -3.91. The van der Waals surface area contributed by atoms with Gasteiger partial charge in [0.15, 0.2) is 0 Å². The molecule has 12 nitrogen and oxygen atoms in total. The van der Waals surface area contributed by atoms with Gasteiger partial charge in [-0.1, -0.05) is 6.07 Å². The number of halogens is 3. The molecule has 5 rings (SSSR count). The van der Waals surface area contributed by atoms with Gasteiger partial charge in [0.05, 0.1) is 56.6 Å². The first-order valence-electron chi connectivity index (χ1n) is 14.7. The van der Waals surface area contributed by atoms with Gasteiger partial charge in [-0.3, -0.25) is 9.36 Å². The molecule has 16 heteroatoms. The second kappa shape index (κ2) is 13.8. The fourth-order valence-corrected chi connectivity index (χ4v) is 7.11. The maximum Gasteiger partial charge on any atom is 0.421 e. The van der Waals surface area contributed by atoms with Crippen LogP contribution >= 0.6 is 7.60 Å². The first-order valence-corrected chi connectivity index (χ1v) is 16.5. The maximum atomic E-state index is 14.1. The van der Waals surface area contributed by atoms with Gasteiger partial charge in [0.2, 0.25) is 5.95 Å². The van der Waals surface area contributed by atoms with Gasteiger partial charge < -0.3 is 39.0 Å². The van der Waals surface area contributed by atoms with Gasteiger partial charge in [-0.2, -0.15) is 18.2 Å². The van der Waals surface area contributed by atoms with Gasteiger partial charge in [0, 0.05) is 44.1 Å². The number of anilines is 5. The van der Waals surface area contributed by atoms with Crippen molar-refractivity contribution in [3.05, 3.63) is 58.8 Å². The number of benzene rings is 2. The number of morpholine rings is 1. The number of aromatic nitrogens is 2. The van der Waals surface area contributed by atoms with Gasteiger partial charge in [-0.25, -0.2) is 4.98 Å². The van der Waals surface area contributed by atoms with Crippen molar-refractivity contribution in [1.29, 1.82) is 0 Å². The quantitative estimate of drug-likeness (QED) is 0.216. The molecule has 3 aromatic rings. The molecule has 46 heavy (non-hydrogen) atoms. The molecule has 2 aliphatic heterocycles. The van der Waals surface area contributed by atoms with E-state index in [1.54, 1.807) is 51.2 Å². The lowest BCUT2D eigenvalue weighted by molar-refractivity contribution is -0.137. The molecule has 0 saturated carbocycles. The van der Waals surface area contributed by atoms with Crippen LogP contribution in [0.2, 0.25) is 0 Å². The summed E-state index contributed by atoms with van der Waals surface area (Å²) in [6.45, 7) is 6.53. The Kier molecular flexibility index (Phi) is 10.1. The Morgan fingerprint density at radius 1 is 1.04 bits per heavy atom. The molecule has 3 heterocycles. The van der Waals surface area contributed by atoms with E-state index in [0.717, 1.165) is 11.3 Å². The Balaban J connectivity index is 1.46. The third-order valence-corrected chi connectivity index (χ3v) is 9.54. The third-order valence-electron chi connectivity index (χ3n) is 7.48. The normalized spacial score (nSPS) is 15.2. The van der Waals surface area contributed by atoms with Crippen molar-refractivity contribution >= 4 is 42.3 Å². The lowest BCUT2D eigenvalue weighted by Crippen LogP contribution is -2.36. The molecule has 1 aromatic heterocycles. The van der Waals surface area contributed by atoms with Gasteiger partial charge in [0.25, 0.3) is 5.91 Å². The van der Waals surface area contributed by atoms with Crippen LogP contribution in [0.25, 0.3) is 0 Å². The largest absolute Gasteiger partial charge is 0.495 e. The van der Waals surface area contributed by atoms with Crippen molar-refractivity contribution in [3.63, 3.8) is 0 Å². The topological polar surface area (TPSA) is 127 Å². The Labute approximate surface area is 264 Å². The molecule has 1 amide bonds. The lowest BCUT2D eigenvalue weighted by Gasteiger charge is -2.30. The number of alkyl halides is 3. The Morgan fingerprint density at radius 2 is 1.74 bits per heavy atom. The van der Waals surface area contributed by atoms with Crippen molar-refractivity contribution in [2.24, 2.45) is 0 Å². The number of carbonyl (C=O) groups excluding carboxylic acids is 1. The van der Waals surface area contributed by atoms with Crippen LogP contribution in [0.15, 0.2) is 36.5 Å². The van der Waals surface area contributed by atoms with Crippen LogP contribution < -0.4 is 20.3 Å². The van der Waals surface area contributed by atoms with Crippen molar-refractivity contribution in [2.75, 3.05) is 69.2 Å². The summed E-state index contributed by atoms with van der Waals surface area (Å²) in [7, 11) is -0.323. The third kappa shape index (κ3) is 7.22. The predicted octanol–water partition coefficient (Wildman–Crippen LogP) is 6.18. The fourth-order valence-electron chi connectivity index (χ4n) is 5.42. The van der Waals surface area contributed by atoms with Crippen LogP contribution in [-0.4, -0.2) is 74.4 Å². The zero-order valence-corrected chi connectivity index (χ0v) is 26.8. The first-order chi connectivity index (χ1) is 22.0. The number of hydrogen-bond acceptors (Lipinski definition) is 11. The van der Waals surface area contributed by atoms with E-state index in [1.165, 1.54) is 12.0 Å². The fraction of sp³-hybridized carbons (Fsp3) is 0.433. The average molecular weight is 665 g/mol. The Bertz CT molecular complexity index is 1630. The van der Waals surface area contributed by atoms with Crippen LogP contribution in [0.4, 0.5) is 42.0 Å². The summed E-state index contributed by atoms with van der Waals surface area (Å²) in [5, 5.41) is 5.69. The maximum absolute atomic E-state index is 14.1. The van der Waals surface area contributed by atoms with Gasteiger partial charge in [0.1, 0.15) is 17.1 Å². The standard InChI is InChI=1S/C30H36F3N6O6P/c1-5-44-46(41,45-6-2)18-19-7-8-22(25(15-19)42-4)36-29-34-16-21(30(31,32)33)27(37-29)35-23-9-10-24(39-11-13-43-14-12-39)20-17-38(3)28(40)26(20)23/h7-10,15-16H,5-6,11-14,17-18H2,1-4H3,(H2,34,35,36,37). The molecule has 0 unspecified atom stereocenters. The summed E-state index contributed by atoms with van der Waals surface area (Å²) in [5.74, 6) is -0.684. The number of nitrogens with one attached hydrogen (secondary N) is 2. The van der Waals surface area contributed by atoms with E-state index >= 15 is 0 Å². The first kappa shape index (κ1) is 33.5. The molecule has 0 spiro atoms. The molecule has 2 aliphatic rings. The molecular formula is C30H36F3N6O6P. The number of carbonyl (C=O) groups is 1. The molecule has 0 bridgehead atoms. The van der Waals surface area contributed by atoms with Crippen LogP contribution in [0, 0.1) is 0 Å². The van der Waals surface area contributed by atoms with E-state index in [0.29, 0.717) is 61.6 Å². The zero-order valence-electron chi connectivity index (χ0n) is 25.9. The van der Waals surface area contributed by atoms with Crippen LogP contribution in [0.1, 0.15) is 40.9 Å². The molecule has 2 aromatic carbocycles. The van der Waals surface area contributed by atoms with Crippen molar-refractivity contribution in [3.8, 4) is 5.75 Å². The van der Waals surface area contributed by atoms with E-state index < -0.39 is 25.2 Å². The highest BCUT2D eigenvalue weighted by molar-refractivity contribution is 7.53. The van der Waals surface area contributed by atoms with E-state index in [-0.39, 0.29) is 36.9 Å². The van der Waals surface area contributed by atoms with E-state index in [1.807, 2.05) is 0 Å². The number of nitrogens with zero attached hydrogens (tertiary/aromatic N) is 4. The minimum atomic E-state index is -4.78. The summed E-state index contributed by atoms with van der Waals surface area (Å²) in [6, 6.07) is 8.30. The number of amides is 1. The van der Waals surface area contributed by atoms with Crippen molar-refractivity contribution in [1.82, 2.24) is 14.9 Å². The minimum absolute atomic E-state index is 0.00126. The molecule has 1 saturated heterocycles. The monoisotopic (exact) mass is 664 g/mol. The summed E-state index contributed by atoms with van der Waals surface area (Å²) in [4.78, 5) is 24.9. The van der Waals surface area contributed by atoms with Crippen molar-refractivity contribution in [2.45, 2.75) is 32.7 Å². The minimum Gasteiger partial charge on any atom is -0.495 e. The molecule has 2 N–H and O–H groups in total. The molecule has 0 radical (unpaired) electrons. The number of rotatable bonds is 12. The Morgan fingerprint density at radius 3 is 2.39 bits per heavy atom. The highest BCUT2D eigenvalue weighted by Gasteiger charge is 2.37. The molecule has 248 valence electrons. The number of methoxy groups -OCH3 is 1. The molecule has 0 atom stereocenters. The number of hydrogen-bond donors (Lipinski definition) is 2. The smallest absolute Gasteiger partial charge is 0.421 e. The van der Waals surface area contributed by atoms with Gasteiger partial charge in [-0.15, -0.1) is 0 Å². The zero-order chi connectivity index (χ0) is 33.1. The summed E-state index contributed by atoms with van der Waals surface area (Å²) >= 11 is 0. The van der Waals surface area contributed by atoms with E-state index in [4.69, 9.17) is 18.5 Å². The second-order valence-corrected chi connectivity index (χ2v) is 12.6. The number of ether oxygens (including phenoxy) is 2. The van der Waals surface area contributed by atoms with Crippen LogP contribution in [0.3, 0.4) is 0 Å². The SMILES string of the molecule is CCOP(=O)(Cc1ccc(Nc2ncc(C(F)(F)F)c(Nc3ccc(N4CCOCC4)c4c3C(=O)N(C)C4)n2)c(OC)c1)OCC.